The Kier molecular flexibility index (Phi) is 3.13. The molecule has 0 aromatic carbocycles. The maximum atomic E-state index is 6.28. The lowest BCUT2D eigenvalue weighted by atomic mass is 9.77. The monoisotopic (exact) mass is 342 g/mol. The molecular weight excluding hydrogens is 328 g/mol. The second-order valence-electron chi connectivity index (χ2n) is 5.61. The lowest BCUT2D eigenvalue weighted by Crippen LogP contribution is -2.28. The standard InChI is InChI=1S/C13H15BrN2S2/c1-13(2)4-8(15)11-9(5-13)16-12(18-11)10-3-7(14)6-17-10/h3,6,8H,4-5,15H2,1-2H3. The second kappa shape index (κ2) is 4.40. The fourth-order valence-electron chi connectivity index (χ4n) is 2.52. The zero-order valence-electron chi connectivity index (χ0n) is 10.4. The topological polar surface area (TPSA) is 38.9 Å². The summed E-state index contributed by atoms with van der Waals surface area (Å²) in [5, 5.41) is 3.21. The maximum absolute atomic E-state index is 6.28. The predicted octanol–water partition coefficient (Wildman–Crippen LogP) is 4.61. The first kappa shape index (κ1) is 12.8. The van der Waals surface area contributed by atoms with E-state index in [0.717, 1.165) is 22.3 Å². The molecule has 2 N–H and O–H groups in total. The van der Waals surface area contributed by atoms with Crippen LogP contribution >= 0.6 is 38.6 Å². The van der Waals surface area contributed by atoms with Gasteiger partial charge in [-0.15, -0.1) is 22.7 Å². The highest BCUT2D eigenvalue weighted by molar-refractivity contribution is 9.10. The second-order valence-corrected chi connectivity index (χ2v) is 8.47. The van der Waals surface area contributed by atoms with E-state index in [2.05, 4.69) is 41.2 Å². The van der Waals surface area contributed by atoms with Gasteiger partial charge in [-0.05, 0) is 40.3 Å². The summed E-state index contributed by atoms with van der Waals surface area (Å²) in [6.45, 7) is 4.55. The number of hydrogen-bond acceptors (Lipinski definition) is 4. The maximum Gasteiger partial charge on any atom is 0.133 e. The lowest BCUT2D eigenvalue weighted by molar-refractivity contribution is 0.282. The van der Waals surface area contributed by atoms with Gasteiger partial charge < -0.3 is 5.73 Å². The van der Waals surface area contributed by atoms with Crippen LogP contribution in [0.5, 0.6) is 0 Å². The van der Waals surface area contributed by atoms with Crippen LogP contribution in [0.25, 0.3) is 9.88 Å². The Morgan fingerprint density at radius 2 is 2.28 bits per heavy atom. The SMILES string of the molecule is CC1(C)Cc2nc(-c3cc(Br)cs3)sc2C(N)C1. The van der Waals surface area contributed by atoms with Crippen LogP contribution in [0.3, 0.4) is 0 Å². The van der Waals surface area contributed by atoms with Gasteiger partial charge in [0.05, 0.1) is 10.6 Å². The molecule has 2 aromatic heterocycles. The minimum absolute atomic E-state index is 0.151. The van der Waals surface area contributed by atoms with Crippen LogP contribution in [0, 0.1) is 5.41 Å². The normalized spacial score (nSPS) is 21.9. The van der Waals surface area contributed by atoms with Crippen molar-refractivity contribution in [2.75, 3.05) is 0 Å². The van der Waals surface area contributed by atoms with Crippen molar-refractivity contribution in [1.29, 1.82) is 0 Å². The summed E-state index contributed by atoms with van der Waals surface area (Å²) in [4.78, 5) is 7.32. The molecule has 1 atom stereocenters. The smallest absolute Gasteiger partial charge is 0.133 e. The fraction of sp³-hybridized carbons (Fsp3) is 0.462. The van der Waals surface area contributed by atoms with Gasteiger partial charge in [0.1, 0.15) is 5.01 Å². The number of thiazole rings is 1. The molecule has 0 fully saturated rings. The highest BCUT2D eigenvalue weighted by atomic mass is 79.9. The number of nitrogens with two attached hydrogens (primary N) is 1. The molecule has 0 spiro atoms. The van der Waals surface area contributed by atoms with E-state index in [1.54, 1.807) is 22.7 Å². The fourth-order valence-corrected chi connectivity index (χ4v) is 5.10. The molecule has 1 unspecified atom stereocenters. The van der Waals surface area contributed by atoms with Gasteiger partial charge in [0, 0.05) is 20.8 Å². The summed E-state index contributed by atoms with van der Waals surface area (Å²) in [6.07, 6.45) is 2.09. The largest absolute Gasteiger partial charge is 0.323 e. The number of halogens is 1. The van der Waals surface area contributed by atoms with Crippen molar-refractivity contribution in [3.05, 3.63) is 26.5 Å². The van der Waals surface area contributed by atoms with Gasteiger partial charge in [0.15, 0.2) is 0 Å². The molecule has 5 heteroatoms. The predicted molar refractivity (Wildman–Crippen MR) is 82.2 cm³/mol. The minimum Gasteiger partial charge on any atom is -0.323 e. The molecule has 2 nitrogen and oxygen atoms in total. The average molecular weight is 343 g/mol. The summed E-state index contributed by atoms with van der Waals surface area (Å²) in [5.41, 5.74) is 7.77. The van der Waals surface area contributed by atoms with E-state index >= 15 is 0 Å². The van der Waals surface area contributed by atoms with Crippen molar-refractivity contribution >= 4 is 38.6 Å². The van der Waals surface area contributed by atoms with Crippen molar-refractivity contribution in [2.45, 2.75) is 32.7 Å². The van der Waals surface area contributed by atoms with Crippen molar-refractivity contribution in [2.24, 2.45) is 11.1 Å². The molecule has 0 amide bonds. The zero-order valence-corrected chi connectivity index (χ0v) is 13.6. The molecule has 0 bridgehead atoms. The zero-order chi connectivity index (χ0) is 12.9. The number of hydrogen-bond donors (Lipinski definition) is 1. The van der Waals surface area contributed by atoms with Gasteiger partial charge in [-0.25, -0.2) is 4.98 Å². The Labute approximate surface area is 123 Å². The van der Waals surface area contributed by atoms with Crippen molar-refractivity contribution in [3.8, 4) is 9.88 Å². The quantitative estimate of drug-likeness (QED) is 0.821. The molecule has 18 heavy (non-hydrogen) atoms. The molecule has 0 saturated heterocycles. The lowest BCUT2D eigenvalue weighted by Gasteiger charge is -2.32. The van der Waals surface area contributed by atoms with Crippen molar-refractivity contribution in [3.63, 3.8) is 0 Å². The molecular formula is C13H15BrN2S2. The minimum atomic E-state index is 0.151. The van der Waals surface area contributed by atoms with E-state index in [9.17, 15) is 0 Å². The number of fused-ring (bicyclic) bond motifs is 1. The van der Waals surface area contributed by atoms with Gasteiger partial charge >= 0.3 is 0 Å². The molecule has 1 aliphatic carbocycles. The van der Waals surface area contributed by atoms with E-state index in [1.165, 1.54) is 15.4 Å². The Bertz CT molecular complexity index is 586. The summed E-state index contributed by atoms with van der Waals surface area (Å²) >= 11 is 6.99. The first-order valence-corrected chi connectivity index (χ1v) is 8.43. The Balaban J connectivity index is 2.02. The molecule has 2 heterocycles. The van der Waals surface area contributed by atoms with E-state index in [-0.39, 0.29) is 11.5 Å². The van der Waals surface area contributed by atoms with E-state index in [0.29, 0.717) is 0 Å². The molecule has 1 aliphatic rings. The third-order valence-electron chi connectivity index (χ3n) is 3.26. The van der Waals surface area contributed by atoms with Crippen LogP contribution in [0.2, 0.25) is 0 Å². The van der Waals surface area contributed by atoms with Gasteiger partial charge in [0.25, 0.3) is 0 Å². The summed E-state index contributed by atoms with van der Waals surface area (Å²) in [7, 11) is 0. The highest BCUT2D eigenvalue weighted by Gasteiger charge is 2.33. The van der Waals surface area contributed by atoms with Crippen LogP contribution in [-0.2, 0) is 6.42 Å². The highest BCUT2D eigenvalue weighted by Crippen LogP contribution is 2.44. The number of nitrogens with zero attached hydrogens (tertiary/aromatic N) is 1. The summed E-state index contributed by atoms with van der Waals surface area (Å²) in [5.74, 6) is 0. The van der Waals surface area contributed by atoms with Crippen LogP contribution in [0.1, 0.15) is 36.9 Å². The Hall–Kier alpha value is -0.230. The first-order valence-electron chi connectivity index (χ1n) is 5.94. The van der Waals surface area contributed by atoms with Gasteiger partial charge in [-0.2, -0.15) is 0 Å². The molecule has 0 aliphatic heterocycles. The number of thiophene rings is 1. The summed E-state index contributed by atoms with van der Waals surface area (Å²) in [6, 6.07) is 2.28. The van der Waals surface area contributed by atoms with E-state index in [4.69, 9.17) is 10.7 Å². The average Bonchev–Trinajstić information content (AvgIpc) is 2.82. The number of rotatable bonds is 1. The van der Waals surface area contributed by atoms with Crippen molar-refractivity contribution in [1.82, 2.24) is 4.98 Å². The van der Waals surface area contributed by atoms with Crippen molar-refractivity contribution < 1.29 is 0 Å². The van der Waals surface area contributed by atoms with E-state index < -0.39 is 0 Å². The molecule has 3 rings (SSSR count). The van der Waals surface area contributed by atoms with Crippen LogP contribution in [0.4, 0.5) is 0 Å². The van der Waals surface area contributed by atoms with Gasteiger partial charge in [0.2, 0.25) is 0 Å². The van der Waals surface area contributed by atoms with E-state index in [1.807, 2.05) is 0 Å². The summed E-state index contributed by atoms with van der Waals surface area (Å²) < 4.78 is 1.13. The van der Waals surface area contributed by atoms with Crippen LogP contribution in [-0.4, -0.2) is 4.98 Å². The Morgan fingerprint density at radius 3 is 2.94 bits per heavy atom. The van der Waals surface area contributed by atoms with Gasteiger partial charge in [-0.1, -0.05) is 13.8 Å². The molecule has 2 aromatic rings. The Morgan fingerprint density at radius 1 is 1.50 bits per heavy atom. The molecule has 0 radical (unpaired) electrons. The third kappa shape index (κ3) is 2.29. The first-order chi connectivity index (χ1) is 8.44. The molecule has 96 valence electrons. The molecule has 0 saturated carbocycles. The third-order valence-corrected chi connectivity index (χ3v) is 6.35. The van der Waals surface area contributed by atoms with Crippen LogP contribution < -0.4 is 5.73 Å². The van der Waals surface area contributed by atoms with Gasteiger partial charge in [-0.3, -0.25) is 0 Å². The van der Waals surface area contributed by atoms with Crippen LogP contribution in [0.15, 0.2) is 15.9 Å². The number of aromatic nitrogens is 1.